The lowest BCUT2D eigenvalue weighted by molar-refractivity contribution is -0.759. The van der Waals surface area contributed by atoms with Gasteiger partial charge in [-0.05, 0) is 13.8 Å². The molecule has 0 rings (SSSR count). The Hall–Kier alpha value is -0.880. The van der Waals surface area contributed by atoms with Gasteiger partial charge in [-0.3, -0.25) is 0 Å². The smallest absolute Gasteiger partial charge is 0.294 e. The van der Waals surface area contributed by atoms with Crippen molar-refractivity contribution in [2.24, 2.45) is 0 Å². The molecule has 0 spiro atoms. The first-order chi connectivity index (χ1) is 6.20. The van der Waals surface area contributed by atoms with Crippen LogP contribution in [0.15, 0.2) is 0 Å². The summed E-state index contributed by atoms with van der Waals surface area (Å²) in [5.41, 5.74) is 0. The molecule has 0 saturated carbocycles. The minimum absolute atomic E-state index is 0.0825. The first-order valence-corrected chi connectivity index (χ1v) is 4.17. The van der Waals surface area contributed by atoms with Crippen molar-refractivity contribution in [2.75, 3.05) is 26.4 Å². The molecule has 13 heavy (non-hydrogen) atoms. The highest BCUT2D eigenvalue weighted by Crippen LogP contribution is 1.95. The first-order valence-electron chi connectivity index (χ1n) is 4.17. The SMILES string of the molecule is CCOCC(CO[N+](=O)[O-])OCC. The Kier molecular flexibility index (Phi) is 7.23. The molecule has 6 nitrogen and oxygen atoms in total. The van der Waals surface area contributed by atoms with Gasteiger partial charge in [0, 0.05) is 13.2 Å². The highest BCUT2D eigenvalue weighted by molar-refractivity contribution is 4.52. The van der Waals surface area contributed by atoms with Crippen molar-refractivity contribution in [1.29, 1.82) is 0 Å². The van der Waals surface area contributed by atoms with E-state index in [2.05, 4.69) is 4.84 Å². The molecule has 0 aliphatic heterocycles. The fourth-order valence-electron chi connectivity index (χ4n) is 0.773. The molecule has 0 aromatic rings. The minimum atomic E-state index is -0.835. The zero-order valence-electron chi connectivity index (χ0n) is 7.89. The van der Waals surface area contributed by atoms with Gasteiger partial charge in [-0.1, -0.05) is 0 Å². The van der Waals surface area contributed by atoms with Crippen LogP contribution in [0.4, 0.5) is 0 Å². The zero-order valence-corrected chi connectivity index (χ0v) is 7.89. The van der Waals surface area contributed by atoms with Gasteiger partial charge in [0.2, 0.25) is 0 Å². The first kappa shape index (κ1) is 12.1. The molecule has 0 heterocycles. The Morgan fingerprint density at radius 1 is 1.31 bits per heavy atom. The Labute approximate surface area is 76.9 Å². The van der Waals surface area contributed by atoms with Gasteiger partial charge in [-0.15, -0.1) is 10.1 Å². The summed E-state index contributed by atoms with van der Waals surface area (Å²) in [6.07, 6.45) is -0.365. The number of rotatable bonds is 8. The van der Waals surface area contributed by atoms with Crippen molar-refractivity contribution in [3.8, 4) is 0 Å². The Morgan fingerprint density at radius 3 is 2.46 bits per heavy atom. The summed E-state index contributed by atoms with van der Waals surface area (Å²) in [5, 5.41) is 9.03. The predicted octanol–water partition coefficient (Wildman–Crippen LogP) is 0.636. The maximum Gasteiger partial charge on any atom is 0.294 e. The normalized spacial score (nSPS) is 12.5. The topological polar surface area (TPSA) is 70.8 Å². The third-order valence-corrected chi connectivity index (χ3v) is 1.28. The molecule has 0 aromatic carbocycles. The van der Waals surface area contributed by atoms with Crippen molar-refractivity contribution in [3.63, 3.8) is 0 Å². The summed E-state index contributed by atoms with van der Waals surface area (Å²) in [4.78, 5) is 14.0. The van der Waals surface area contributed by atoms with E-state index in [1.807, 2.05) is 13.8 Å². The molecule has 6 heteroatoms. The Bertz CT molecular complexity index is 141. The fraction of sp³-hybridized carbons (Fsp3) is 1.00. The standard InChI is InChI=1S/C7H15NO5/c1-3-11-5-7(12-4-2)6-13-8(9)10/h7H,3-6H2,1-2H3. The summed E-state index contributed by atoms with van der Waals surface area (Å²) in [7, 11) is 0. The molecule has 0 aliphatic rings. The molecule has 0 saturated heterocycles. The Morgan fingerprint density at radius 2 is 2.00 bits per heavy atom. The van der Waals surface area contributed by atoms with Crippen LogP contribution < -0.4 is 0 Å². The second kappa shape index (κ2) is 7.75. The predicted molar refractivity (Wildman–Crippen MR) is 44.9 cm³/mol. The lowest BCUT2D eigenvalue weighted by atomic mass is 10.4. The highest BCUT2D eigenvalue weighted by Gasteiger charge is 2.10. The van der Waals surface area contributed by atoms with Gasteiger partial charge in [-0.25, -0.2) is 0 Å². The molecular weight excluding hydrogens is 178 g/mol. The molecule has 0 radical (unpaired) electrons. The van der Waals surface area contributed by atoms with E-state index >= 15 is 0 Å². The molecule has 78 valence electrons. The number of ether oxygens (including phenoxy) is 2. The van der Waals surface area contributed by atoms with Crippen LogP contribution in [0.3, 0.4) is 0 Å². The van der Waals surface area contributed by atoms with Crippen LogP contribution in [0.1, 0.15) is 13.8 Å². The van der Waals surface area contributed by atoms with Gasteiger partial charge < -0.3 is 14.3 Å². The second-order valence-electron chi connectivity index (χ2n) is 2.26. The third kappa shape index (κ3) is 7.48. The summed E-state index contributed by atoms with van der Waals surface area (Å²) >= 11 is 0. The average Bonchev–Trinajstić information content (AvgIpc) is 2.09. The van der Waals surface area contributed by atoms with Crippen LogP contribution in [0.2, 0.25) is 0 Å². The van der Waals surface area contributed by atoms with Gasteiger partial charge in [0.05, 0.1) is 6.61 Å². The van der Waals surface area contributed by atoms with Gasteiger partial charge >= 0.3 is 0 Å². The van der Waals surface area contributed by atoms with E-state index < -0.39 is 5.09 Å². The maximum atomic E-state index is 9.87. The molecule has 0 bridgehead atoms. The quantitative estimate of drug-likeness (QED) is 0.417. The van der Waals surface area contributed by atoms with E-state index in [0.717, 1.165) is 0 Å². The summed E-state index contributed by atoms with van der Waals surface area (Å²) in [6.45, 7) is 4.93. The van der Waals surface area contributed by atoms with E-state index in [1.54, 1.807) is 0 Å². The second-order valence-corrected chi connectivity index (χ2v) is 2.26. The van der Waals surface area contributed by atoms with E-state index in [1.165, 1.54) is 0 Å². The van der Waals surface area contributed by atoms with Gasteiger partial charge in [0.1, 0.15) is 12.7 Å². The lowest BCUT2D eigenvalue weighted by Gasteiger charge is -2.14. The zero-order chi connectivity index (χ0) is 10.1. The molecule has 0 amide bonds. The average molecular weight is 193 g/mol. The van der Waals surface area contributed by atoms with Crippen LogP contribution in [0.5, 0.6) is 0 Å². The van der Waals surface area contributed by atoms with Crippen LogP contribution in [0, 0.1) is 10.1 Å². The molecule has 0 N–H and O–H groups in total. The van der Waals surface area contributed by atoms with Crippen molar-refractivity contribution in [1.82, 2.24) is 0 Å². The summed E-state index contributed by atoms with van der Waals surface area (Å²) in [6, 6.07) is 0. The summed E-state index contributed by atoms with van der Waals surface area (Å²) < 4.78 is 10.2. The third-order valence-electron chi connectivity index (χ3n) is 1.28. The molecule has 1 atom stereocenters. The molecule has 0 aromatic heterocycles. The Balaban J connectivity index is 3.59. The van der Waals surface area contributed by atoms with E-state index in [-0.39, 0.29) is 12.7 Å². The van der Waals surface area contributed by atoms with E-state index in [4.69, 9.17) is 9.47 Å². The molecular formula is C7H15NO5. The van der Waals surface area contributed by atoms with Gasteiger partial charge in [0.25, 0.3) is 5.09 Å². The number of nitrogens with zero attached hydrogens (tertiary/aromatic N) is 1. The van der Waals surface area contributed by atoms with Crippen LogP contribution in [-0.4, -0.2) is 37.6 Å². The fourth-order valence-corrected chi connectivity index (χ4v) is 0.773. The molecule has 1 unspecified atom stereocenters. The van der Waals surface area contributed by atoms with Crippen molar-refractivity contribution in [3.05, 3.63) is 10.1 Å². The van der Waals surface area contributed by atoms with Crippen LogP contribution in [-0.2, 0) is 14.3 Å². The summed E-state index contributed by atoms with van der Waals surface area (Å²) in [5.74, 6) is 0. The minimum Gasteiger partial charge on any atom is -0.379 e. The monoisotopic (exact) mass is 193 g/mol. The number of hydrogen-bond acceptors (Lipinski definition) is 5. The highest BCUT2D eigenvalue weighted by atomic mass is 17.0. The van der Waals surface area contributed by atoms with E-state index in [9.17, 15) is 10.1 Å². The lowest BCUT2D eigenvalue weighted by Crippen LogP contribution is -2.27. The van der Waals surface area contributed by atoms with E-state index in [0.29, 0.717) is 19.8 Å². The van der Waals surface area contributed by atoms with Crippen molar-refractivity contribution >= 4 is 0 Å². The molecule has 0 aliphatic carbocycles. The van der Waals surface area contributed by atoms with Crippen molar-refractivity contribution in [2.45, 2.75) is 20.0 Å². The van der Waals surface area contributed by atoms with Gasteiger partial charge in [-0.2, -0.15) is 0 Å². The van der Waals surface area contributed by atoms with Gasteiger partial charge in [0.15, 0.2) is 0 Å². The van der Waals surface area contributed by atoms with Crippen LogP contribution in [0.25, 0.3) is 0 Å². The molecule has 0 fully saturated rings. The number of hydrogen-bond donors (Lipinski definition) is 0. The maximum absolute atomic E-state index is 9.87. The van der Waals surface area contributed by atoms with Crippen LogP contribution >= 0.6 is 0 Å². The van der Waals surface area contributed by atoms with Crippen molar-refractivity contribution < 1.29 is 19.4 Å². The largest absolute Gasteiger partial charge is 0.379 e.